The van der Waals surface area contributed by atoms with E-state index in [0.29, 0.717) is 33.7 Å². The fraction of sp³-hybridized carbons (Fsp3) is 0.125. The van der Waals surface area contributed by atoms with Crippen LogP contribution in [0, 0.1) is 0 Å². The zero-order chi connectivity index (χ0) is 22.1. The zero-order valence-electron chi connectivity index (χ0n) is 17.2. The van der Waals surface area contributed by atoms with Gasteiger partial charge in [-0.05, 0) is 24.3 Å². The molecule has 2 heterocycles. The molecular formula is C24H19N3O5. The molecule has 5 rings (SSSR count). The summed E-state index contributed by atoms with van der Waals surface area (Å²) in [4.78, 5) is 31.6. The number of nitrogens with one attached hydrogen (secondary N) is 2. The first kappa shape index (κ1) is 19.8. The van der Waals surface area contributed by atoms with Gasteiger partial charge >= 0.3 is 0 Å². The van der Waals surface area contributed by atoms with E-state index in [0.717, 1.165) is 16.4 Å². The number of aromatic nitrogens is 2. The lowest BCUT2D eigenvalue weighted by molar-refractivity contribution is -0.121. The van der Waals surface area contributed by atoms with E-state index in [-0.39, 0.29) is 24.7 Å². The molecule has 0 aliphatic heterocycles. The minimum absolute atomic E-state index is 0.00671. The highest BCUT2D eigenvalue weighted by Crippen LogP contribution is 2.36. The van der Waals surface area contributed by atoms with Crippen LogP contribution in [-0.2, 0) is 16.1 Å². The number of fused-ring (bicyclic) bond motifs is 4. The molecule has 0 saturated heterocycles. The van der Waals surface area contributed by atoms with E-state index in [1.807, 2.05) is 30.3 Å². The lowest BCUT2D eigenvalue weighted by Crippen LogP contribution is -2.20. The maximum absolute atomic E-state index is 12.4. The van der Waals surface area contributed by atoms with Crippen molar-refractivity contribution in [1.82, 2.24) is 9.97 Å². The number of rotatable bonds is 6. The molecule has 5 aromatic rings. The summed E-state index contributed by atoms with van der Waals surface area (Å²) in [6, 6.07) is 18.3. The molecule has 2 aromatic heterocycles. The van der Waals surface area contributed by atoms with Crippen LogP contribution < -0.4 is 15.6 Å². The van der Waals surface area contributed by atoms with E-state index in [1.165, 1.54) is 7.11 Å². The SMILES string of the molecule is COc1cc2c(cc1NC(=O)COCc1nc3ccccc3c(=O)[nH]1)oc1ccccc12. The summed E-state index contributed by atoms with van der Waals surface area (Å²) in [5.74, 6) is 0.489. The lowest BCUT2D eigenvalue weighted by atomic mass is 10.1. The van der Waals surface area contributed by atoms with Gasteiger partial charge in [-0.1, -0.05) is 30.3 Å². The number of para-hydroxylation sites is 2. The first-order chi connectivity index (χ1) is 15.6. The normalized spacial score (nSPS) is 11.3. The lowest BCUT2D eigenvalue weighted by Gasteiger charge is -2.10. The number of aromatic amines is 1. The Bertz CT molecular complexity index is 1520. The van der Waals surface area contributed by atoms with E-state index in [4.69, 9.17) is 13.9 Å². The number of carbonyl (C=O) groups is 1. The standard InChI is InChI=1S/C24H19N3O5/c1-30-21-10-16-14-6-3-5-9-19(14)32-20(16)11-18(21)26-23(28)13-31-12-22-25-17-8-4-2-7-15(17)24(29)27-22/h2-11H,12-13H2,1H3,(H,26,28)(H,25,27,29). The molecule has 0 unspecified atom stereocenters. The van der Waals surface area contributed by atoms with Gasteiger partial charge < -0.3 is 24.2 Å². The van der Waals surface area contributed by atoms with Crippen molar-refractivity contribution >= 4 is 44.4 Å². The monoisotopic (exact) mass is 429 g/mol. The van der Waals surface area contributed by atoms with Crippen molar-refractivity contribution in [2.45, 2.75) is 6.61 Å². The van der Waals surface area contributed by atoms with Gasteiger partial charge in [0.05, 0.1) is 23.7 Å². The third-order valence-corrected chi connectivity index (χ3v) is 5.11. The van der Waals surface area contributed by atoms with Crippen LogP contribution >= 0.6 is 0 Å². The molecular weight excluding hydrogens is 410 g/mol. The number of hydrogen-bond acceptors (Lipinski definition) is 6. The van der Waals surface area contributed by atoms with E-state index in [1.54, 1.807) is 30.3 Å². The molecule has 3 aromatic carbocycles. The van der Waals surface area contributed by atoms with E-state index in [2.05, 4.69) is 15.3 Å². The van der Waals surface area contributed by atoms with Gasteiger partial charge in [0, 0.05) is 16.8 Å². The van der Waals surface area contributed by atoms with Crippen molar-refractivity contribution in [1.29, 1.82) is 0 Å². The molecule has 8 heteroatoms. The summed E-state index contributed by atoms with van der Waals surface area (Å²) in [5.41, 5.74) is 2.20. The molecule has 32 heavy (non-hydrogen) atoms. The van der Waals surface area contributed by atoms with Crippen molar-refractivity contribution in [2.24, 2.45) is 0 Å². The second-order valence-corrected chi connectivity index (χ2v) is 7.22. The van der Waals surface area contributed by atoms with Crippen LogP contribution in [0.5, 0.6) is 5.75 Å². The topological polar surface area (TPSA) is 106 Å². The first-order valence-electron chi connectivity index (χ1n) is 9.97. The van der Waals surface area contributed by atoms with Gasteiger partial charge in [0.15, 0.2) is 0 Å². The zero-order valence-corrected chi connectivity index (χ0v) is 17.2. The summed E-state index contributed by atoms with van der Waals surface area (Å²) in [7, 11) is 1.54. The molecule has 0 aliphatic rings. The summed E-state index contributed by atoms with van der Waals surface area (Å²) in [6.07, 6.45) is 0. The third-order valence-electron chi connectivity index (χ3n) is 5.11. The smallest absolute Gasteiger partial charge is 0.258 e. The second-order valence-electron chi connectivity index (χ2n) is 7.22. The van der Waals surface area contributed by atoms with E-state index < -0.39 is 0 Å². The van der Waals surface area contributed by atoms with Crippen molar-refractivity contribution in [3.63, 3.8) is 0 Å². The maximum atomic E-state index is 12.4. The van der Waals surface area contributed by atoms with Crippen molar-refractivity contribution in [3.05, 3.63) is 76.8 Å². The molecule has 0 fully saturated rings. The number of ether oxygens (including phenoxy) is 2. The van der Waals surface area contributed by atoms with Crippen LogP contribution in [0.3, 0.4) is 0 Å². The van der Waals surface area contributed by atoms with Gasteiger partial charge in [0.1, 0.15) is 36.0 Å². The van der Waals surface area contributed by atoms with Crippen LogP contribution in [0.2, 0.25) is 0 Å². The largest absolute Gasteiger partial charge is 0.495 e. The van der Waals surface area contributed by atoms with Crippen LogP contribution in [0.4, 0.5) is 5.69 Å². The van der Waals surface area contributed by atoms with Gasteiger partial charge in [-0.25, -0.2) is 4.98 Å². The van der Waals surface area contributed by atoms with Crippen molar-refractivity contribution in [3.8, 4) is 5.75 Å². The Hall–Kier alpha value is -4.17. The van der Waals surface area contributed by atoms with Gasteiger partial charge in [-0.2, -0.15) is 0 Å². The molecule has 0 radical (unpaired) electrons. The van der Waals surface area contributed by atoms with Crippen LogP contribution in [0.1, 0.15) is 5.82 Å². The Morgan fingerprint density at radius 1 is 1.03 bits per heavy atom. The van der Waals surface area contributed by atoms with Gasteiger partial charge in [0.2, 0.25) is 5.91 Å². The number of H-pyrrole nitrogens is 1. The number of hydrogen-bond donors (Lipinski definition) is 2. The van der Waals surface area contributed by atoms with E-state index in [9.17, 15) is 9.59 Å². The molecule has 0 saturated carbocycles. The van der Waals surface area contributed by atoms with Gasteiger partial charge in [-0.3, -0.25) is 9.59 Å². The van der Waals surface area contributed by atoms with Crippen molar-refractivity contribution in [2.75, 3.05) is 19.0 Å². The van der Waals surface area contributed by atoms with Gasteiger partial charge in [-0.15, -0.1) is 0 Å². The number of carbonyl (C=O) groups excluding carboxylic acids is 1. The second kappa shape index (κ2) is 8.16. The molecule has 8 nitrogen and oxygen atoms in total. The number of benzene rings is 3. The highest BCUT2D eigenvalue weighted by Gasteiger charge is 2.14. The molecule has 2 N–H and O–H groups in total. The van der Waals surface area contributed by atoms with E-state index >= 15 is 0 Å². The van der Waals surface area contributed by atoms with Crippen LogP contribution in [0.25, 0.3) is 32.8 Å². The number of methoxy groups -OCH3 is 1. The number of amides is 1. The number of furan rings is 1. The summed E-state index contributed by atoms with van der Waals surface area (Å²) in [6.45, 7) is -0.231. The highest BCUT2D eigenvalue weighted by molar-refractivity contribution is 6.07. The van der Waals surface area contributed by atoms with Crippen molar-refractivity contribution < 1.29 is 18.7 Å². The molecule has 1 amide bonds. The fourth-order valence-corrected chi connectivity index (χ4v) is 3.65. The minimum atomic E-state index is -0.373. The Morgan fingerprint density at radius 3 is 2.66 bits per heavy atom. The summed E-state index contributed by atoms with van der Waals surface area (Å²) in [5, 5.41) is 5.16. The predicted molar refractivity (Wildman–Crippen MR) is 121 cm³/mol. The Labute approximate surface area is 181 Å². The quantitative estimate of drug-likeness (QED) is 0.423. The predicted octanol–water partition coefficient (Wildman–Crippen LogP) is 3.99. The molecule has 0 atom stereocenters. The van der Waals surface area contributed by atoms with Crippen LogP contribution in [-0.4, -0.2) is 29.6 Å². The average molecular weight is 429 g/mol. The number of anilines is 1. The Morgan fingerprint density at radius 2 is 1.81 bits per heavy atom. The average Bonchev–Trinajstić information content (AvgIpc) is 3.16. The fourth-order valence-electron chi connectivity index (χ4n) is 3.65. The molecule has 0 bridgehead atoms. The first-order valence-corrected chi connectivity index (χ1v) is 9.97. The van der Waals surface area contributed by atoms with Gasteiger partial charge in [0.25, 0.3) is 5.56 Å². The third kappa shape index (κ3) is 3.67. The summed E-state index contributed by atoms with van der Waals surface area (Å²) >= 11 is 0. The van der Waals surface area contributed by atoms with Crippen LogP contribution in [0.15, 0.2) is 69.9 Å². The Balaban J connectivity index is 1.29. The minimum Gasteiger partial charge on any atom is -0.495 e. The summed E-state index contributed by atoms with van der Waals surface area (Å²) < 4.78 is 16.8. The molecule has 0 spiro atoms. The Kier molecular flexibility index (Phi) is 5.04. The molecule has 160 valence electrons. The highest BCUT2D eigenvalue weighted by atomic mass is 16.5. The number of nitrogens with zero attached hydrogens (tertiary/aromatic N) is 1. The molecule has 0 aliphatic carbocycles. The maximum Gasteiger partial charge on any atom is 0.258 e.